The molecular weight excluding hydrogens is 500 g/mol. The molecule has 0 aliphatic carbocycles. The fourth-order valence-corrected chi connectivity index (χ4v) is 3.85. The van der Waals surface area contributed by atoms with E-state index in [9.17, 15) is 9.59 Å². The zero-order valence-electron chi connectivity index (χ0n) is 19.3. The molecule has 3 N–H and O–H groups in total. The minimum atomic E-state index is -1.03. The molecule has 5 rings (SSSR count). The zero-order chi connectivity index (χ0) is 26.4. The van der Waals surface area contributed by atoms with E-state index in [1.807, 2.05) is 0 Å². The lowest BCUT2D eigenvalue weighted by Gasteiger charge is -2.24. The highest BCUT2D eigenvalue weighted by Crippen LogP contribution is 2.38. The summed E-state index contributed by atoms with van der Waals surface area (Å²) >= 11 is 5.93. The van der Waals surface area contributed by atoms with Crippen molar-refractivity contribution in [1.29, 1.82) is 0 Å². The van der Waals surface area contributed by atoms with Crippen LogP contribution in [0.5, 0.6) is 0 Å². The summed E-state index contributed by atoms with van der Waals surface area (Å²) in [5, 5.41) is 9.05. The fourth-order valence-electron chi connectivity index (χ4n) is 3.67. The van der Waals surface area contributed by atoms with E-state index in [4.69, 9.17) is 38.3 Å². The number of terminal acetylenes is 1. The number of fused-ring (bicyclic) bond motifs is 1. The lowest BCUT2D eigenvalue weighted by molar-refractivity contribution is -0.0678. The second-order valence-corrected chi connectivity index (χ2v) is 8.24. The van der Waals surface area contributed by atoms with Crippen molar-refractivity contribution in [1.82, 2.24) is 24.5 Å². The van der Waals surface area contributed by atoms with Crippen LogP contribution in [0.25, 0.3) is 11.0 Å². The molecular formula is C25H21ClN6O5. The quantitative estimate of drug-likeness (QED) is 0.227. The minimum absolute atomic E-state index is 0.0513. The number of hydrogen-bond donors (Lipinski definition) is 2. The number of rotatable bonds is 5. The number of pyridine rings is 2. The lowest BCUT2D eigenvalue weighted by Crippen LogP contribution is -2.34. The van der Waals surface area contributed by atoms with Gasteiger partial charge >= 0.3 is 11.9 Å². The Bertz CT molecular complexity index is 1460. The van der Waals surface area contributed by atoms with Crippen LogP contribution in [-0.2, 0) is 9.47 Å². The maximum atomic E-state index is 12.2. The molecule has 4 aromatic rings. The average molecular weight is 521 g/mol. The number of carboxylic acid groups (broad SMARTS) is 1. The molecule has 1 aliphatic rings. The van der Waals surface area contributed by atoms with E-state index in [1.54, 1.807) is 47.2 Å². The Morgan fingerprint density at radius 2 is 1.89 bits per heavy atom. The Labute approximate surface area is 216 Å². The molecule has 11 nitrogen and oxygen atoms in total. The third kappa shape index (κ3) is 5.83. The van der Waals surface area contributed by atoms with Crippen molar-refractivity contribution in [2.45, 2.75) is 24.7 Å². The van der Waals surface area contributed by atoms with Gasteiger partial charge in [-0.15, -0.1) is 6.42 Å². The highest BCUT2D eigenvalue weighted by atomic mass is 35.5. The molecule has 1 fully saturated rings. The Balaban J connectivity index is 0.000000301. The summed E-state index contributed by atoms with van der Waals surface area (Å²) < 4.78 is 13.3. The molecule has 4 aromatic heterocycles. The van der Waals surface area contributed by atoms with Gasteiger partial charge < -0.3 is 24.9 Å². The Morgan fingerprint density at radius 1 is 1.19 bits per heavy atom. The van der Waals surface area contributed by atoms with Crippen LogP contribution < -0.4 is 5.73 Å². The van der Waals surface area contributed by atoms with E-state index in [-0.39, 0.29) is 23.3 Å². The molecule has 5 heterocycles. The highest BCUT2D eigenvalue weighted by Gasteiger charge is 2.41. The van der Waals surface area contributed by atoms with Crippen molar-refractivity contribution in [3.8, 4) is 12.3 Å². The van der Waals surface area contributed by atoms with E-state index >= 15 is 0 Å². The van der Waals surface area contributed by atoms with Gasteiger partial charge in [-0.3, -0.25) is 0 Å². The van der Waals surface area contributed by atoms with E-state index in [1.165, 1.54) is 18.5 Å². The first-order valence-electron chi connectivity index (χ1n) is 11.0. The summed E-state index contributed by atoms with van der Waals surface area (Å²) in [6.07, 6.45) is 11.2. The first-order chi connectivity index (χ1) is 17.8. The van der Waals surface area contributed by atoms with E-state index in [2.05, 4.69) is 25.9 Å². The number of nitrogens with two attached hydrogens (primary N) is 1. The van der Waals surface area contributed by atoms with Gasteiger partial charge in [0.05, 0.1) is 5.39 Å². The summed E-state index contributed by atoms with van der Waals surface area (Å²) in [7, 11) is 0. The number of esters is 1. The molecule has 2 unspecified atom stereocenters. The van der Waals surface area contributed by atoms with Crippen molar-refractivity contribution in [3.63, 3.8) is 0 Å². The first kappa shape index (κ1) is 25.6. The monoisotopic (exact) mass is 520 g/mol. The topological polar surface area (TPSA) is 155 Å². The van der Waals surface area contributed by atoms with Crippen molar-refractivity contribution in [2.75, 3.05) is 12.3 Å². The number of carbonyl (C=O) groups excluding carboxylic acids is 1. The van der Waals surface area contributed by atoms with Gasteiger partial charge in [-0.05, 0) is 54.8 Å². The van der Waals surface area contributed by atoms with Crippen LogP contribution in [0.1, 0.15) is 40.0 Å². The fraction of sp³-hybridized carbons (Fsp3) is 0.200. The predicted molar refractivity (Wildman–Crippen MR) is 134 cm³/mol. The summed E-state index contributed by atoms with van der Waals surface area (Å²) in [5.74, 6) is 1.38. The molecule has 0 spiro atoms. The number of nitrogens with zero attached hydrogens (tertiary/aromatic N) is 5. The van der Waals surface area contributed by atoms with Gasteiger partial charge in [-0.25, -0.2) is 24.5 Å². The number of aromatic nitrogens is 5. The Hall–Kier alpha value is -4.53. The smallest absolute Gasteiger partial charge is 0.357 e. The second-order valence-electron chi connectivity index (χ2n) is 7.90. The zero-order valence-corrected chi connectivity index (χ0v) is 20.1. The number of aromatic carboxylic acids is 1. The maximum absolute atomic E-state index is 12.2. The summed E-state index contributed by atoms with van der Waals surface area (Å²) in [6, 6.07) is 11.5. The van der Waals surface area contributed by atoms with Gasteiger partial charge in [-0.2, -0.15) is 4.98 Å². The van der Waals surface area contributed by atoms with Crippen molar-refractivity contribution in [2.24, 2.45) is 0 Å². The molecule has 0 saturated carbocycles. The molecule has 2 atom stereocenters. The van der Waals surface area contributed by atoms with Crippen LogP contribution in [0.2, 0.25) is 5.28 Å². The van der Waals surface area contributed by atoms with Crippen LogP contribution >= 0.6 is 11.6 Å². The van der Waals surface area contributed by atoms with Crippen LogP contribution in [-0.4, -0.2) is 53.8 Å². The van der Waals surface area contributed by atoms with Gasteiger partial charge in [-0.1, -0.05) is 18.1 Å². The number of anilines is 1. The molecule has 0 bridgehead atoms. The van der Waals surface area contributed by atoms with E-state index < -0.39 is 23.8 Å². The number of halogens is 1. The third-order valence-electron chi connectivity index (χ3n) is 5.50. The molecule has 188 valence electrons. The minimum Gasteiger partial charge on any atom is -0.477 e. The normalized spacial score (nSPS) is 18.4. The molecule has 0 radical (unpaired) electrons. The van der Waals surface area contributed by atoms with E-state index in [0.717, 1.165) is 0 Å². The number of nitrogen functional groups attached to an aromatic ring is 1. The maximum Gasteiger partial charge on any atom is 0.357 e. The highest BCUT2D eigenvalue weighted by molar-refractivity contribution is 6.28. The molecule has 37 heavy (non-hydrogen) atoms. The molecule has 0 amide bonds. The van der Waals surface area contributed by atoms with Crippen LogP contribution in [0.15, 0.2) is 61.1 Å². The molecule has 1 aliphatic heterocycles. The van der Waals surface area contributed by atoms with Gasteiger partial charge in [0.1, 0.15) is 35.7 Å². The van der Waals surface area contributed by atoms with Crippen molar-refractivity contribution in [3.05, 3.63) is 77.7 Å². The van der Waals surface area contributed by atoms with E-state index in [0.29, 0.717) is 29.7 Å². The van der Waals surface area contributed by atoms with Gasteiger partial charge in [0.2, 0.25) is 5.28 Å². The largest absolute Gasteiger partial charge is 0.477 e. The summed E-state index contributed by atoms with van der Waals surface area (Å²) in [4.78, 5) is 38.0. The SMILES string of the molecule is C#CC1(COC(=O)c2ccccn2)CCC(n2ccc3c(N)nc(Cl)nc32)O1.O=C(O)c1ccccn1. The molecule has 0 aromatic carbocycles. The number of ether oxygens (including phenoxy) is 2. The van der Waals surface area contributed by atoms with Crippen LogP contribution in [0.4, 0.5) is 5.82 Å². The third-order valence-corrected chi connectivity index (χ3v) is 5.67. The first-order valence-corrected chi connectivity index (χ1v) is 11.4. The van der Waals surface area contributed by atoms with Crippen LogP contribution in [0.3, 0.4) is 0 Å². The molecule has 1 saturated heterocycles. The Morgan fingerprint density at radius 3 is 2.49 bits per heavy atom. The van der Waals surface area contributed by atoms with Crippen molar-refractivity contribution >= 4 is 40.4 Å². The number of hydrogen-bond acceptors (Lipinski definition) is 9. The van der Waals surface area contributed by atoms with Crippen LogP contribution in [0, 0.1) is 12.3 Å². The number of carbonyl (C=O) groups is 2. The van der Waals surface area contributed by atoms with Gasteiger partial charge in [0, 0.05) is 18.6 Å². The standard InChI is InChI=1S/C19H16ClN5O3.C6H5NO2/c1-2-19(11-27-17(26)13-5-3-4-9-22-13)8-6-14(28-19)25-10-7-12-15(21)23-18(20)24-16(12)25;8-6(9)5-3-1-2-4-7-5/h1,3-5,7,9-10,14H,6,8,11H2,(H2,21,23,24);1-4H,(H,8,9). The summed E-state index contributed by atoms with van der Waals surface area (Å²) in [5.41, 5.74) is 5.71. The van der Waals surface area contributed by atoms with Gasteiger partial charge in [0.25, 0.3) is 0 Å². The molecule has 12 heteroatoms. The lowest BCUT2D eigenvalue weighted by atomic mass is 10.0. The average Bonchev–Trinajstić information content (AvgIpc) is 3.54. The predicted octanol–water partition coefficient (Wildman–Crippen LogP) is 3.38. The van der Waals surface area contributed by atoms with Gasteiger partial charge in [0.15, 0.2) is 5.60 Å². The number of carboxylic acids is 1. The summed E-state index contributed by atoms with van der Waals surface area (Å²) in [6.45, 7) is -0.0769. The second kappa shape index (κ2) is 11.0. The van der Waals surface area contributed by atoms with Crippen molar-refractivity contribution < 1.29 is 24.2 Å². The Kier molecular flexibility index (Phi) is 7.62.